The topological polar surface area (TPSA) is 76.4 Å². The van der Waals surface area contributed by atoms with Crippen LogP contribution in [0.1, 0.15) is 30.5 Å². The summed E-state index contributed by atoms with van der Waals surface area (Å²) in [7, 11) is 1.63. The van der Waals surface area contributed by atoms with Crippen molar-refractivity contribution in [1.82, 2.24) is 14.3 Å². The number of carbonyl (C=O) groups is 1. The number of pyridine rings is 1. The molecule has 8 nitrogen and oxygen atoms in total. The molecule has 1 amide bonds. The molecule has 0 radical (unpaired) electrons. The van der Waals surface area contributed by atoms with Crippen LogP contribution >= 0.6 is 24.0 Å². The molecule has 10 heteroatoms. The number of ether oxygens (including phenoxy) is 2. The van der Waals surface area contributed by atoms with Gasteiger partial charge in [-0.2, -0.15) is 0 Å². The predicted molar refractivity (Wildman–Crippen MR) is 155 cm³/mol. The predicted octanol–water partition coefficient (Wildman–Crippen LogP) is 4.07. The summed E-state index contributed by atoms with van der Waals surface area (Å²) in [6.07, 6.45) is 4.00. The second kappa shape index (κ2) is 10.9. The van der Waals surface area contributed by atoms with Gasteiger partial charge in [0.05, 0.1) is 29.8 Å². The number of anilines is 1. The van der Waals surface area contributed by atoms with E-state index in [4.69, 9.17) is 26.7 Å². The maximum absolute atomic E-state index is 13.8. The molecule has 3 aromatic rings. The fourth-order valence-corrected chi connectivity index (χ4v) is 6.17. The summed E-state index contributed by atoms with van der Waals surface area (Å²) in [5, 5.41) is 0. The summed E-state index contributed by atoms with van der Waals surface area (Å²) >= 11 is 6.78. The van der Waals surface area contributed by atoms with Crippen LogP contribution in [0.5, 0.6) is 5.75 Å². The number of nitrogens with zero attached hydrogens (tertiary/aromatic N) is 4. The lowest BCUT2D eigenvalue weighted by atomic mass is 10.1. The molecule has 1 aromatic carbocycles. The number of aromatic nitrogens is 2. The molecule has 0 spiro atoms. The zero-order chi connectivity index (χ0) is 27.0. The molecule has 4 heterocycles. The summed E-state index contributed by atoms with van der Waals surface area (Å²) in [5.74, 6) is 1.15. The highest BCUT2D eigenvalue weighted by Gasteiger charge is 2.33. The first kappa shape index (κ1) is 26.4. The smallest absolute Gasteiger partial charge is 0.267 e. The summed E-state index contributed by atoms with van der Waals surface area (Å²) in [4.78, 5) is 36.2. The number of thioether (sulfide) groups is 1. The van der Waals surface area contributed by atoms with Crippen molar-refractivity contribution in [2.24, 2.45) is 0 Å². The highest BCUT2D eigenvalue weighted by Crippen LogP contribution is 2.34. The van der Waals surface area contributed by atoms with E-state index in [2.05, 4.69) is 4.90 Å². The number of fused-ring (bicyclic) bond motifs is 1. The zero-order valence-electron chi connectivity index (χ0n) is 21.8. The maximum Gasteiger partial charge on any atom is 0.267 e. The van der Waals surface area contributed by atoms with E-state index in [0.717, 1.165) is 16.9 Å². The van der Waals surface area contributed by atoms with E-state index >= 15 is 0 Å². The molecule has 2 saturated heterocycles. The summed E-state index contributed by atoms with van der Waals surface area (Å²) in [6, 6.07) is 11.5. The molecule has 2 unspecified atom stereocenters. The second-order valence-corrected chi connectivity index (χ2v) is 11.3. The zero-order valence-corrected chi connectivity index (χ0v) is 23.5. The normalized spacial score (nSPS) is 21.1. The van der Waals surface area contributed by atoms with E-state index in [-0.39, 0.29) is 23.7 Å². The number of hydrogen-bond acceptors (Lipinski definition) is 8. The third-order valence-corrected chi connectivity index (χ3v) is 8.09. The van der Waals surface area contributed by atoms with Crippen LogP contribution in [-0.2, 0) is 16.0 Å². The Morgan fingerprint density at radius 3 is 2.55 bits per heavy atom. The van der Waals surface area contributed by atoms with Crippen LogP contribution in [0.2, 0.25) is 0 Å². The molecular formula is C28H30N4O4S2. The van der Waals surface area contributed by atoms with Gasteiger partial charge in [0.2, 0.25) is 0 Å². The second-order valence-electron chi connectivity index (χ2n) is 9.63. The first-order chi connectivity index (χ1) is 18.2. The van der Waals surface area contributed by atoms with E-state index in [1.165, 1.54) is 11.8 Å². The fraction of sp³-hybridized carbons (Fsp3) is 0.357. The summed E-state index contributed by atoms with van der Waals surface area (Å²) < 4.78 is 13.2. The molecule has 2 aliphatic rings. The quantitative estimate of drug-likeness (QED) is 0.336. The molecule has 0 saturated carbocycles. The molecule has 2 aromatic heterocycles. The van der Waals surface area contributed by atoms with Gasteiger partial charge in [0, 0.05) is 25.8 Å². The van der Waals surface area contributed by atoms with E-state index in [1.807, 2.05) is 57.2 Å². The number of amides is 1. The molecule has 2 fully saturated rings. The molecule has 0 bridgehead atoms. The lowest BCUT2D eigenvalue weighted by molar-refractivity contribution is -0.122. The van der Waals surface area contributed by atoms with Crippen LogP contribution in [0.25, 0.3) is 11.7 Å². The molecule has 198 valence electrons. The Hall–Kier alpha value is -3.21. The number of morpholine rings is 1. The Morgan fingerprint density at radius 2 is 1.87 bits per heavy atom. The molecule has 2 aliphatic heterocycles. The monoisotopic (exact) mass is 550 g/mol. The number of thiocarbonyl (C=S) groups is 1. The lowest BCUT2D eigenvalue weighted by Crippen LogP contribution is -2.46. The van der Waals surface area contributed by atoms with Gasteiger partial charge in [-0.25, -0.2) is 4.98 Å². The lowest BCUT2D eigenvalue weighted by Gasteiger charge is -2.36. The van der Waals surface area contributed by atoms with E-state index < -0.39 is 0 Å². The van der Waals surface area contributed by atoms with Crippen LogP contribution in [0.4, 0.5) is 5.82 Å². The van der Waals surface area contributed by atoms with Crippen LogP contribution in [0.15, 0.2) is 52.3 Å². The van der Waals surface area contributed by atoms with Gasteiger partial charge in [-0.05, 0) is 62.6 Å². The van der Waals surface area contributed by atoms with Gasteiger partial charge in [0.15, 0.2) is 0 Å². The van der Waals surface area contributed by atoms with Crippen molar-refractivity contribution in [2.45, 2.75) is 39.4 Å². The van der Waals surface area contributed by atoms with Crippen molar-refractivity contribution in [3.05, 3.63) is 74.5 Å². The largest absolute Gasteiger partial charge is 0.497 e. The van der Waals surface area contributed by atoms with Crippen LogP contribution in [0, 0.1) is 6.92 Å². The number of carbonyl (C=O) groups excluding carboxylic acids is 1. The van der Waals surface area contributed by atoms with Crippen molar-refractivity contribution < 1.29 is 14.3 Å². The van der Waals surface area contributed by atoms with Crippen molar-refractivity contribution in [3.8, 4) is 5.75 Å². The van der Waals surface area contributed by atoms with Gasteiger partial charge in [-0.3, -0.25) is 18.9 Å². The van der Waals surface area contributed by atoms with Crippen molar-refractivity contribution in [3.63, 3.8) is 0 Å². The van der Waals surface area contributed by atoms with Crippen molar-refractivity contribution >= 4 is 51.7 Å². The third kappa shape index (κ3) is 5.21. The first-order valence-electron chi connectivity index (χ1n) is 12.6. The number of benzene rings is 1. The van der Waals surface area contributed by atoms with Crippen molar-refractivity contribution in [2.75, 3.05) is 31.6 Å². The minimum atomic E-state index is -0.219. The van der Waals surface area contributed by atoms with Gasteiger partial charge >= 0.3 is 0 Å². The number of aryl methyl sites for hydroxylation is 1. The average molecular weight is 551 g/mol. The van der Waals surface area contributed by atoms with E-state index in [0.29, 0.717) is 52.3 Å². The van der Waals surface area contributed by atoms with Crippen LogP contribution in [-0.4, -0.2) is 63.5 Å². The maximum atomic E-state index is 13.8. The SMILES string of the molecule is COc1ccc(CCN2C(=O)/C(=C\c3c(N4CC(C)OC(C)C4)nc4c(C)cccn4c3=O)SC2=S)cc1. The Kier molecular flexibility index (Phi) is 7.56. The van der Waals surface area contributed by atoms with E-state index in [1.54, 1.807) is 28.7 Å². The number of methoxy groups -OCH3 is 1. The highest BCUT2D eigenvalue weighted by molar-refractivity contribution is 8.26. The Bertz CT molecular complexity index is 1470. The summed E-state index contributed by atoms with van der Waals surface area (Å²) in [6.45, 7) is 7.60. The molecule has 0 aliphatic carbocycles. The van der Waals surface area contributed by atoms with Crippen LogP contribution in [0.3, 0.4) is 0 Å². The first-order valence-corrected chi connectivity index (χ1v) is 13.8. The third-order valence-electron chi connectivity index (χ3n) is 6.72. The fourth-order valence-electron chi connectivity index (χ4n) is 4.88. The van der Waals surface area contributed by atoms with Gasteiger partial charge in [-0.1, -0.05) is 42.2 Å². The minimum Gasteiger partial charge on any atom is -0.497 e. The molecule has 38 heavy (non-hydrogen) atoms. The minimum absolute atomic E-state index is 0.0140. The van der Waals surface area contributed by atoms with Crippen LogP contribution < -0.4 is 15.2 Å². The molecular weight excluding hydrogens is 520 g/mol. The van der Waals surface area contributed by atoms with Crippen molar-refractivity contribution in [1.29, 1.82) is 0 Å². The van der Waals surface area contributed by atoms with Gasteiger partial charge < -0.3 is 14.4 Å². The Morgan fingerprint density at radius 1 is 1.16 bits per heavy atom. The molecule has 5 rings (SSSR count). The Labute approximate surface area is 231 Å². The number of rotatable bonds is 6. The average Bonchev–Trinajstić information content (AvgIpc) is 3.16. The molecule has 0 N–H and O–H groups in total. The van der Waals surface area contributed by atoms with Gasteiger partial charge in [-0.15, -0.1) is 0 Å². The van der Waals surface area contributed by atoms with Gasteiger partial charge in [0.25, 0.3) is 11.5 Å². The van der Waals surface area contributed by atoms with E-state index in [9.17, 15) is 9.59 Å². The Balaban J connectivity index is 1.49. The number of hydrogen-bond donors (Lipinski definition) is 0. The summed E-state index contributed by atoms with van der Waals surface area (Å²) in [5.41, 5.74) is 2.74. The highest BCUT2D eigenvalue weighted by atomic mass is 32.2. The standard InChI is InChI=1S/C28H30N4O4S2/c1-17-6-5-12-31-24(17)29-25(30-15-18(2)36-19(3)16-30)22(26(31)33)14-23-27(34)32(28(37)38-23)13-11-20-7-9-21(35-4)10-8-20/h5-10,12,14,18-19H,11,13,15-16H2,1-4H3/b23-14+. The van der Waals surface area contributed by atoms with Gasteiger partial charge in [0.1, 0.15) is 21.5 Å². The molecule has 2 atom stereocenters.